The molecule has 0 saturated carbocycles. The van der Waals surface area contributed by atoms with Gasteiger partial charge in [0, 0.05) is 12.1 Å². The van der Waals surface area contributed by atoms with Crippen molar-refractivity contribution < 1.29 is 9.90 Å². The van der Waals surface area contributed by atoms with Crippen LogP contribution in [0.4, 0.5) is 0 Å². The Morgan fingerprint density at radius 1 is 1.67 bits per heavy atom. The third kappa shape index (κ3) is 3.38. The van der Waals surface area contributed by atoms with Crippen LogP contribution in [-0.2, 0) is 11.3 Å². The summed E-state index contributed by atoms with van der Waals surface area (Å²) in [6.45, 7) is 3.62. The van der Waals surface area contributed by atoms with E-state index in [0.717, 1.165) is 11.6 Å². The van der Waals surface area contributed by atoms with Crippen molar-refractivity contribution in [3.8, 4) is 0 Å². The minimum atomic E-state index is -1.02. The third-order valence-corrected chi connectivity index (χ3v) is 1.78. The number of hydrogen-bond donors (Lipinski definition) is 1. The van der Waals surface area contributed by atoms with Gasteiger partial charge in [-0.1, -0.05) is 0 Å². The lowest BCUT2D eigenvalue weighted by Crippen LogP contribution is -2.22. The van der Waals surface area contributed by atoms with E-state index in [1.165, 1.54) is 10.7 Å². The summed E-state index contributed by atoms with van der Waals surface area (Å²) in [6.07, 6.45) is 2.63. The maximum absolute atomic E-state index is 11.4. The molecular formula is C10H12N2O3. The number of carbonyl (C=O) groups is 1. The first kappa shape index (κ1) is 11.2. The molecule has 0 unspecified atom stereocenters. The number of aliphatic carboxylic acids is 1. The third-order valence-electron chi connectivity index (χ3n) is 1.78. The number of hydrogen-bond acceptors (Lipinski definition) is 3. The van der Waals surface area contributed by atoms with Crippen LogP contribution in [0, 0.1) is 6.92 Å². The zero-order valence-electron chi connectivity index (χ0n) is 8.60. The molecule has 1 rings (SSSR count). The largest absolute Gasteiger partial charge is 0.478 e. The standard InChI is InChI=1S/C10H12N2O3/c1-7-3-9(13)12(11-5-7)6-8(2)4-10(14)15/h3-5H,6H2,1-2H3,(H,14,15). The molecule has 0 radical (unpaired) electrons. The van der Waals surface area contributed by atoms with Gasteiger partial charge in [-0.25, -0.2) is 9.48 Å². The van der Waals surface area contributed by atoms with Crippen LogP contribution in [0.25, 0.3) is 0 Å². The van der Waals surface area contributed by atoms with E-state index in [1.807, 2.05) is 0 Å². The summed E-state index contributed by atoms with van der Waals surface area (Å²) >= 11 is 0. The average molecular weight is 208 g/mol. The predicted octanol–water partition coefficient (Wildman–Crippen LogP) is 0.583. The molecule has 1 N–H and O–H groups in total. The highest BCUT2D eigenvalue weighted by molar-refractivity contribution is 5.80. The van der Waals surface area contributed by atoms with Crippen LogP contribution in [0.3, 0.4) is 0 Å². The fraction of sp³-hybridized carbons (Fsp3) is 0.300. The first-order valence-corrected chi connectivity index (χ1v) is 4.43. The molecule has 0 aromatic carbocycles. The van der Waals surface area contributed by atoms with Crippen LogP contribution < -0.4 is 5.56 Å². The zero-order chi connectivity index (χ0) is 11.4. The van der Waals surface area contributed by atoms with E-state index < -0.39 is 5.97 Å². The smallest absolute Gasteiger partial charge is 0.328 e. The second-order valence-corrected chi connectivity index (χ2v) is 3.36. The van der Waals surface area contributed by atoms with E-state index in [-0.39, 0.29) is 12.1 Å². The molecule has 0 spiro atoms. The molecule has 15 heavy (non-hydrogen) atoms. The van der Waals surface area contributed by atoms with E-state index in [9.17, 15) is 9.59 Å². The van der Waals surface area contributed by atoms with Crippen LogP contribution in [0.1, 0.15) is 12.5 Å². The molecule has 0 amide bonds. The molecule has 0 fully saturated rings. The Kier molecular flexibility index (Phi) is 3.38. The Balaban J connectivity index is 2.91. The van der Waals surface area contributed by atoms with Gasteiger partial charge >= 0.3 is 5.97 Å². The topological polar surface area (TPSA) is 72.2 Å². The Morgan fingerprint density at radius 2 is 2.33 bits per heavy atom. The molecule has 80 valence electrons. The van der Waals surface area contributed by atoms with Gasteiger partial charge in [0.05, 0.1) is 12.7 Å². The molecule has 0 aliphatic heterocycles. The van der Waals surface area contributed by atoms with Gasteiger partial charge in [-0.3, -0.25) is 4.79 Å². The molecule has 0 saturated heterocycles. The Morgan fingerprint density at radius 3 is 2.87 bits per heavy atom. The first-order chi connectivity index (χ1) is 6.99. The predicted molar refractivity (Wildman–Crippen MR) is 54.6 cm³/mol. The maximum Gasteiger partial charge on any atom is 0.328 e. The Labute approximate surface area is 86.7 Å². The summed E-state index contributed by atoms with van der Waals surface area (Å²) in [6, 6.07) is 1.46. The number of aromatic nitrogens is 2. The second kappa shape index (κ2) is 4.54. The zero-order valence-corrected chi connectivity index (χ0v) is 8.60. The molecule has 5 nitrogen and oxygen atoms in total. The van der Waals surface area contributed by atoms with Crippen molar-refractivity contribution in [1.82, 2.24) is 9.78 Å². The van der Waals surface area contributed by atoms with Crippen molar-refractivity contribution in [1.29, 1.82) is 0 Å². The maximum atomic E-state index is 11.4. The molecule has 0 bridgehead atoms. The SMILES string of the molecule is CC(=CC(=O)O)Cn1ncc(C)cc1=O. The summed E-state index contributed by atoms with van der Waals surface area (Å²) in [7, 11) is 0. The van der Waals surface area contributed by atoms with Gasteiger partial charge in [0.15, 0.2) is 0 Å². The minimum absolute atomic E-state index is 0.200. The van der Waals surface area contributed by atoms with Gasteiger partial charge in [-0.15, -0.1) is 0 Å². The quantitative estimate of drug-likeness (QED) is 0.737. The highest BCUT2D eigenvalue weighted by Crippen LogP contribution is 1.95. The van der Waals surface area contributed by atoms with Crippen LogP contribution >= 0.6 is 0 Å². The molecule has 5 heteroatoms. The number of nitrogens with zero attached hydrogens (tertiary/aromatic N) is 2. The fourth-order valence-corrected chi connectivity index (χ4v) is 1.14. The van der Waals surface area contributed by atoms with Crippen LogP contribution in [0.2, 0.25) is 0 Å². The van der Waals surface area contributed by atoms with E-state index in [4.69, 9.17) is 5.11 Å². The van der Waals surface area contributed by atoms with Crippen molar-refractivity contribution in [3.63, 3.8) is 0 Å². The lowest BCUT2D eigenvalue weighted by molar-refractivity contribution is -0.131. The minimum Gasteiger partial charge on any atom is -0.478 e. The van der Waals surface area contributed by atoms with Gasteiger partial charge in [0.2, 0.25) is 0 Å². The van der Waals surface area contributed by atoms with Gasteiger partial charge in [0.25, 0.3) is 5.56 Å². The monoisotopic (exact) mass is 208 g/mol. The average Bonchev–Trinajstić information content (AvgIpc) is 2.08. The molecule has 0 aliphatic rings. The van der Waals surface area contributed by atoms with Crippen molar-refractivity contribution in [2.24, 2.45) is 0 Å². The lowest BCUT2D eigenvalue weighted by atomic mass is 10.3. The summed E-state index contributed by atoms with van der Waals surface area (Å²) in [5.74, 6) is -1.02. The van der Waals surface area contributed by atoms with Gasteiger partial charge < -0.3 is 5.11 Å². The van der Waals surface area contributed by atoms with Crippen molar-refractivity contribution in [2.45, 2.75) is 20.4 Å². The molecular weight excluding hydrogens is 196 g/mol. The van der Waals surface area contributed by atoms with Crippen LogP contribution in [-0.4, -0.2) is 20.9 Å². The van der Waals surface area contributed by atoms with Crippen molar-refractivity contribution >= 4 is 5.97 Å². The summed E-state index contributed by atoms with van der Waals surface area (Å²) in [4.78, 5) is 21.7. The van der Waals surface area contributed by atoms with Crippen molar-refractivity contribution in [2.75, 3.05) is 0 Å². The normalized spacial score (nSPS) is 11.5. The molecule has 0 aliphatic carbocycles. The van der Waals surface area contributed by atoms with Gasteiger partial charge in [-0.05, 0) is 25.0 Å². The second-order valence-electron chi connectivity index (χ2n) is 3.36. The summed E-state index contributed by atoms with van der Waals surface area (Å²) < 4.78 is 1.22. The lowest BCUT2D eigenvalue weighted by Gasteiger charge is -2.03. The fourth-order valence-electron chi connectivity index (χ4n) is 1.14. The molecule has 0 atom stereocenters. The number of carboxylic acids is 1. The summed E-state index contributed by atoms with van der Waals surface area (Å²) in [5.41, 5.74) is 1.13. The number of aryl methyl sites for hydroxylation is 1. The van der Waals surface area contributed by atoms with E-state index in [2.05, 4.69) is 5.10 Å². The Hall–Kier alpha value is -1.91. The van der Waals surface area contributed by atoms with Gasteiger partial charge in [0.1, 0.15) is 0 Å². The van der Waals surface area contributed by atoms with Gasteiger partial charge in [-0.2, -0.15) is 5.10 Å². The Bertz CT molecular complexity index is 460. The highest BCUT2D eigenvalue weighted by atomic mass is 16.4. The highest BCUT2D eigenvalue weighted by Gasteiger charge is 2.00. The first-order valence-electron chi connectivity index (χ1n) is 4.43. The van der Waals surface area contributed by atoms with Crippen LogP contribution in [0.5, 0.6) is 0 Å². The van der Waals surface area contributed by atoms with E-state index in [1.54, 1.807) is 20.0 Å². The van der Waals surface area contributed by atoms with E-state index >= 15 is 0 Å². The number of allylic oxidation sites excluding steroid dienone is 1. The molecule has 1 aromatic rings. The molecule has 1 aromatic heterocycles. The number of rotatable bonds is 3. The number of carboxylic acid groups (broad SMARTS) is 1. The van der Waals surface area contributed by atoms with Crippen molar-refractivity contribution in [3.05, 3.63) is 39.8 Å². The summed E-state index contributed by atoms with van der Waals surface area (Å²) in [5, 5.41) is 12.4. The van der Waals surface area contributed by atoms with E-state index in [0.29, 0.717) is 5.57 Å². The molecule has 1 heterocycles. The van der Waals surface area contributed by atoms with Crippen LogP contribution in [0.15, 0.2) is 28.7 Å².